The molecule has 0 amide bonds. The van der Waals surface area contributed by atoms with E-state index < -0.39 is 0 Å². The van der Waals surface area contributed by atoms with Gasteiger partial charge in [0.1, 0.15) is 0 Å². The molecule has 1 N–H and O–H groups in total. The molecule has 0 spiro atoms. The van der Waals surface area contributed by atoms with E-state index in [0.29, 0.717) is 6.61 Å². The highest BCUT2D eigenvalue weighted by Crippen LogP contribution is 2.42. The molecule has 3 aliphatic rings. The fourth-order valence-corrected chi connectivity index (χ4v) is 4.85. The molecule has 0 bridgehead atoms. The predicted molar refractivity (Wildman–Crippen MR) is 74.5 cm³/mol. The fraction of sp³-hybridized carbons (Fsp3) is 1.00. The highest BCUT2D eigenvalue weighted by atomic mass is 16.3. The summed E-state index contributed by atoms with van der Waals surface area (Å²) in [6, 6.07) is 0.858. The second-order valence-electron chi connectivity index (χ2n) is 7.09. The van der Waals surface area contributed by atoms with Gasteiger partial charge in [0.2, 0.25) is 0 Å². The molecular formula is C16H29NO. The van der Waals surface area contributed by atoms with Gasteiger partial charge in [0.15, 0.2) is 0 Å². The third-order valence-electron chi connectivity index (χ3n) is 5.90. The maximum atomic E-state index is 9.80. The summed E-state index contributed by atoms with van der Waals surface area (Å²) in [5, 5.41) is 9.80. The van der Waals surface area contributed by atoms with Crippen molar-refractivity contribution in [1.29, 1.82) is 0 Å². The fourth-order valence-electron chi connectivity index (χ4n) is 4.85. The van der Waals surface area contributed by atoms with Gasteiger partial charge in [0.05, 0.1) is 0 Å². The Morgan fingerprint density at radius 3 is 2.33 bits per heavy atom. The van der Waals surface area contributed by atoms with Crippen molar-refractivity contribution < 1.29 is 5.11 Å². The molecule has 1 atom stereocenters. The minimum atomic E-state index is 0.265. The number of nitrogens with zero attached hydrogens (tertiary/aromatic N) is 1. The van der Waals surface area contributed by atoms with Crippen LogP contribution < -0.4 is 0 Å². The van der Waals surface area contributed by atoms with Crippen LogP contribution in [0.25, 0.3) is 0 Å². The lowest BCUT2D eigenvalue weighted by molar-refractivity contribution is 0.0606. The number of likely N-dealkylation sites (tertiary alicyclic amines) is 1. The molecule has 104 valence electrons. The average Bonchev–Trinajstić information content (AvgIpc) is 3.10. The molecule has 2 saturated carbocycles. The van der Waals surface area contributed by atoms with Crippen molar-refractivity contribution in [2.24, 2.45) is 11.3 Å². The van der Waals surface area contributed by atoms with Gasteiger partial charge in [-0.25, -0.2) is 0 Å². The third-order valence-corrected chi connectivity index (χ3v) is 5.90. The van der Waals surface area contributed by atoms with E-state index in [1.54, 1.807) is 0 Å². The van der Waals surface area contributed by atoms with Gasteiger partial charge in [-0.2, -0.15) is 0 Å². The van der Waals surface area contributed by atoms with E-state index in [-0.39, 0.29) is 5.41 Å². The highest BCUT2D eigenvalue weighted by molar-refractivity contribution is 4.93. The lowest BCUT2D eigenvalue weighted by Crippen LogP contribution is -2.43. The number of aliphatic hydroxyl groups excluding tert-OH is 1. The molecule has 2 nitrogen and oxygen atoms in total. The summed E-state index contributed by atoms with van der Waals surface area (Å²) in [4.78, 5) is 2.76. The first kappa shape index (κ1) is 12.9. The Morgan fingerprint density at radius 2 is 1.67 bits per heavy atom. The number of aliphatic hydroxyl groups is 1. The summed E-state index contributed by atoms with van der Waals surface area (Å²) in [5.74, 6) is 0.977. The van der Waals surface area contributed by atoms with Gasteiger partial charge in [-0.1, -0.05) is 25.7 Å². The molecule has 2 aliphatic carbocycles. The van der Waals surface area contributed by atoms with Crippen molar-refractivity contribution in [3.63, 3.8) is 0 Å². The number of rotatable bonds is 4. The average molecular weight is 251 g/mol. The van der Waals surface area contributed by atoms with Crippen LogP contribution in [0, 0.1) is 11.3 Å². The molecule has 0 radical (unpaired) electrons. The smallest absolute Gasteiger partial charge is 0.0499 e. The third kappa shape index (κ3) is 2.46. The van der Waals surface area contributed by atoms with Crippen molar-refractivity contribution in [2.75, 3.05) is 19.7 Å². The van der Waals surface area contributed by atoms with E-state index in [2.05, 4.69) is 4.90 Å². The van der Waals surface area contributed by atoms with Crippen LogP contribution in [0.15, 0.2) is 0 Å². The molecule has 1 heterocycles. The zero-order valence-corrected chi connectivity index (χ0v) is 11.7. The largest absolute Gasteiger partial charge is 0.396 e. The van der Waals surface area contributed by atoms with E-state index in [9.17, 15) is 5.11 Å². The van der Waals surface area contributed by atoms with E-state index in [1.807, 2.05) is 0 Å². The summed E-state index contributed by atoms with van der Waals surface area (Å²) in [6.07, 6.45) is 13.9. The Kier molecular flexibility index (Phi) is 3.95. The van der Waals surface area contributed by atoms with E-state index in [1.165, 1.54) is 77.3 Å². The Bertz CT molecular complexity index is 266. The van der Waals surface area contributed by atoms with Gasteiger partial charge in [0.25, 0.3) is 0 Å². The molecule has 0 aromatic carbocycles. The first-order chi connectivity index (χ1) is 8.83. The maximum absolute atomic E-state index is 9.80. The van der Waals surface area contributed by atoms with Crippen LogP contribution >= 0.6 is 0 Å². The van der Waals surface area contributed by atoms with Crippen LogP contribution in [-0.4, -0.2) is 35.7 Å². The minimum absolute atomic E-state index is 0.265. The van der Waals surface area contributed by atoms with Gasteiger partial charge in [-0.05, 0) is 51.0 Å². The maximum Gasteiger partial charge on any atom is 0.0499 e. The first-order valence-electron chi connectivity index (χ1n) is 8.18. The highest BCUT2D eigenvalue weighted by Gasteiger charge is 2.40. The standard InChI is InChI=1S/C16H29NO/c18-13-16(9-3-4-10-16)12-17-11-5-8-15(17)14-6-1-2-7-14/h14-15,18H,1-13H2. The van der Waals surface area contributed by atoms with E-state index in [4.69, 9.17) is 0 Å². The lowest BCUT2D eigenvalue weighted by Gasteiger charge is -2.37. The van der Waals surface area contributed by atoms with Gasteiger partial charge in [-0.15, -0.1) is 0 Å². The molecule has 1 saturated heterocycles. The minimum Gasteiger partial charge on any atom is -0.396 e. The number of hydrogen-bond acceptors (Lipinski definition) is 2. The molecule has 2 heteroatoms. The summed E-state index contributed by atoms with van der Waals surface area (Å²) >= 11 is 0. The Labute approximate surface area is 112 Å². The Balaban J connectivity index is 1.63. The van der Waals surface area contributed by atoms with Gasteiger partial charge >= 0.3 is 0 Å². The number of hydrogen-bond donors (Lipinski definition) is 1. The quantitative estimate of drug-likeness (QED) is 0.829. The molecule has 3 fully saturated rings. The monoisotopic (exact) mass is 251 g/mol. The van der Waals surface area contributed by atoms with Crippen LogP contribution in [0.3, 0.4) is 0 Å². The SMILES string of the molecule is OCC1(CN2CCCC2C2CCCC2)CCCC1. The molecule has 1 unspecified atom stereocenters. The van der Waals surface area contributed by atoms with Crippen LogP contribution in [0.5, 0.6) is 0 Å². The van der Waals surface area contributed by atoms with Crippen molar-refractivity contribution in [2.45, 2.75) is 70.3 Å². The van der Waals surface area contributed by atoms with Crippen LogP contribution in [0.2, 0.25) is 0 Å². The van der Waals surface area contributed by atoms with E-state index >= 15 is 0 Å². The van der Waals surface area contributed by atoms with Gasteiger partial charge in [-0.3, -0.25) is 4.90 Å². The van der Waals surface area contributed by atoms with Gasteiger partial charge in [0, 0.05) is 24.6 Å². The first-order valence-corrected chi connectivity index (χ1v) is 8.18. The topological polar surface area (TPSA) is 23.5 Å². The second-order valence-corrected chi connectivity index (χ2v) is 7.09. The summed E-state index contributed by atoms with van der Waals surface area (Å²) in [5.41, 5.74) is 0.265. The van der Waals surface area contributed by atoms with Crippen molar-refractivity contribution in [3.8, 4) is 0 Å². The zero-order valence-electron chi connectivity index (χ0n) is 11.7. The normalized spacial score (nSPS) is 33.5. The Hall–Kier alpha value is -0.0800. The molecule has 1 aliphatic heterocycles. The summed E-state index contributed by atoms with van der Waals surface area (Å²) < 4.78 is 0. The van der Waals surface area contributed by atoms with Crippen LogP contribution in [0.1, 0.15) is 64.2 Å². The van der Waals surface area contributed by atoms with Gasteiger partial charge < -0.3 is 5.11 Å². The molecule has 0 aromatic rings. The molecular weight excluding hydrogens is 222 g/mol. The summed E-state index contributed by atoms with van der Waals surface area (Å²) in [7, 11) is 0. The van der Waals surface area contributed by atoms with Crippen molar-refractivity contribution in [3.05, 3.63) is 0 Å². The molecule has 3 rings (SSSR count). The van der Waals surface area contributed by atoms with Crippen molar-refractivity contribution >= 4 is 0 Å². The molecule has 0 aromatic heterocycles. The van der Waals surface area contributed by atoms with Crippen LogP contribution in [0.4, 0.5) is 0 Å². The predicted octanol–water partition coefficient (Wildman–Crippen LogP) is 3.19. The molecule has 18 heavy (non-hydrogen) atoms. The lowest BCUT2D eigenvalue weighted by atomic mass is 9.85. The second kappa shape index (κ2) is 5.50. The van der Waals surface area contributed by atoms with E-state index in [0.717, 1.165) is 12.0 Å². The Morgan fingerprint density at radius 1 is 0.944 bits per heavy atom. The summed E-state index contributed by atoms with van der Waals surface area (Å²) in [6.45, 7) is 2.90. The van der Waals surface area contributed by atoms with Crippen LogP contribution in [-0.2, 0) is 0 Å². The zero-order chi connectivity index (χ0) is 12.4. The van der Waals surface area contributed by atoms with Crippen molar-refractivity contribution in [1.82, 2.24) is 4.90 Å².